The Bertz CT molecular complexity index is 454. The maximum Gasteiger partial charge on any atom is 0.119 e. The summed E-state index contributed by atoms with van der Waals surface area (Å²) in [5.74, 6) is 0.909. The molecular weight excluding hydrogens is 258 g/mol. The number of rotatable bonds is 8. The normalized spacial score (nSPS) is 10.6. The summed E-state index contributed by atoms with van der Waals surface area (Å²) in [5.41, 5.74) is 2.47. The number of ether oxygens (including phenoxy) is 2. The molecule has 2 rings (SSSR count). The Kier molecular flexibility index (Phi) is 5.88. The largest absolute Gasteiger partial charge is 0.489 e. The lowest BCUT2D eigenvalue weighted by atomic mass is 10.2. The maximum atomic E-state index is 5.71. The number of methoxy groups -OCH3 is 1. The molecule has 0 saturated carbocycles. The standard InChI is InChI=1S/C15H19NO2S/c1-17-8-7-16-10-13-2-4-15(5-3-13)18-11-14-6-9-19-12-14/h2-6,9,12,16H,7-8,10-11H2,1H3. The molecule has 1 N–H and O–H groups in total. The van der Waals surface area contributed by atoms with E-state index in [1.165, 1.54) is 11.1 Å². The van der Waals surface area contributed by atoms with Crippen LogP contribution >= 0.6 is 11.3 Å². The predicted molar refractivity (Wildman–Crippen MR) is 78.7 cm³/mol. The van der Waals surface area contributed by atoms with Crippen molar-refractivity contribution in [3.63, 3.8) is 0 Å². The molecule has 102 valence electrons. The second-order valence-electron chi connectivity index (χ2n) is 4.23. The molecule has 4 heteroatoms. The summed E-state index contributed by atoms with van der Waals surface area (Å²) in [4.78, 5) is 0. The van der Waals surface area contributed by atoms with Gasteiger partial charge in [0.25, 0.3) is 0 Å². The van der Waals surface area contributed by atoms with Crippen LogP contribution in [0.25, 0.3) is 0 Å². The van der Waals surface area contributed by atoms with E-state index in [1.807, 2.05) is 12.1 Å². The minimum atomic E-state index is 0.634. The van der Waals surface area contributed by atoms with Gasteiger partial charge in [0.15, 0.2) is 0 Å². The highest BCUT2D eigenvalue weighted by Crippen LogP contribution is 2.15. The summed E-state index contributed by atoms with van der Waals surface area (Å²) < 4.78 is 10.7. The highest BCUT2D eigenvalue weighted by atomic mass is 32.1. The van der Waals surface area contributed by atoms with Gasteiger partial charge in [0, 0.05) is 20.2 Å². The van der Waals surface area contributed by atoms with Gasteiger partial charge < -0.3 is 14.8 Å². The fourth-order valence-electron chi connectivity index (χ4n) is 1.65. The van der Waals surface area contributed by atoms with Crippen molar-refractivity contribution >= 4 is 11.3 Å². The van der Waals surface area contributed by atoms with Crippen molar-refractivity contribution in [2.45, 2.75) is 13.2 Å². The number of nitrogens with one attached hydrogen (secondary N) is 1. The second kappa shape index (κ2) is 7.94. The van der Waals surface area contributed by atoms with Crippen LogP contribution in [-0.4, -0.2) is 20.3 Å². The van der Waals surface area contributed by atoms with E-state index in [0.717, 1.165) is 25.4 Å². The molecule has 0 aliphatic rings. The van der Waals surface area contributed by atoms with Gasteiger partial charge in [-0.15, -0.1) is 0 Å². The first-order valence-corrected chi connectivity index (χ1v) is 7.25. The zero-order valence-corrected chi connectivity index (χ0v) is 11.9. The lowest BCUT2D eigenvalue weighted by Crippen LogP contribution is -2.18. The quantitative estimate of drug-likeness (QED) is 0.752. The molecular formula is C15H19NO2S. The predicted octanol–water partition coefficient (Wildman–Crippen LogP) is 3.06. The Morgan fingerprint density at radius 1 is 1.11 bits per heavy atom. The zero-order valence-electron chi connectivity index (χ0n) is 11.1. The fraction of sp³-hybridized carbons (Fsp3) is 0.333. The highest BCUT2D eigenvalue weighted by Gasteiger charge is 1.97. The fourth-order valence-corrected chi connectivity index (χ4v) is 2.31. The third-order valence-corrected chi connectivity index (χ3v) is 3.45. The molecule has 0 fully saturated rings. The van der Waals surface area contributed by atoms with Crippen LogP contribution in [-0.2, 0) is 17.9 Å². The van der Waals surface area contributed by atoms with E-state index in [-0.39, 0.29) is 0 Å². The Morgan fingerprint density at radius 2 is 1.95 bits per heavy atom. The van der Waals surface area contributed by atoms with Gasteiger partial charge >= 0.3 is 0 Å². The van der Waals surface area contributed by atoms with E-state index >= 15 is 0 Å². The van der Waals surface area contributed by atoms with Crippen LogP contribution in [0.5, 0.6) is 5.75 Å². The van der Waals surface area contributed by atoms with Crippen LogP contribution in [0.4, 0.5) is 0 Å². The van der Waals surface area contributed by atoms with E-state index in [2.05, 4.69) is 34.3 Å². The van der Waals surface area contributed by atoms with Gasteiger partial charge in [0.2, 0.25) is 0 Å². The zero-order chi connectivity index (χ0) is 13.3. The Labute approximate surface area is 118 Å². The molecule has 1 aromatic carbocycles. The summed E-state index contributed by atoms with van der Waals surface area (Å²) in [7, 11) is 1.71. The molecule has 0 bridgehead atoms. The number of hydrogen-bond acceptors (Lipinski definition) is 4. The van der Waals surface area contributed by atoms with Crippen molar-refractivity contribution in [3.8, 4) is 5.75 Å². The molecule has 0 unspecified atom stereocenters. The van der Waals surface area contributed by atoms with Gasteiger partial charge in [-0.3, -0.25) is 0 Å². The SMILES string of the molecule is COCCNCc1ccc(OCc2ccsc2)cc1. The minimum Gasteiger partial charge on any atom is -0.489 e. The van der Waals surface area contributed by atoms with Crippen molar-refractivity contribution < 1.29 is 9.47 Å². The summed E-state index contributed by atoms with van der Waals surface area (Å²) in [6, 6.07) is 10.3. The first-order chi connectivity index (χ1) is 9.38. The van der Waals surface area contributed by atoms with Crippen molar-refractivity contribution in [2.75, 3.05) is 20.3 Å². The average Bonchev–Trinajstić information content (AvgIpc) is 2.96. The summed E-state index contributed by atoms with van der Waals surface area (Å²) >= 11 is 1.69. The molecule has 2 aromatic rings. The van der Waals surface area contributed by atoms with E-state index in [1.54, 1.807) is 18.4 Å². The van der Waals surface area contributed by atoms with Crippen LogP contribution in [0.3, 0.4) is 0 Å². The van der Waals surface area contributed by atoms with Gasteiger partial charge in [0.05, 0.1) is 6.61 Å². The van der Waals surface area contributed by atoms with Gasteiger partial charge in [-0.2, -0.15) is 11.3 Å². The molecule has 0 saturated heterocycles. The number of thiophene rings is 1. The lowest BCUT2D eigenvalue weighted by Gasteiger charge is -2.07. The van der Waals surface area contributed by atoms with Crippen molar-refractivity contribution in [1.82, 2.24) is 5.32 Å². The monoisotopic (exact) mass is 277 g/mol. The van der Waals surface area contributed by atoms with Crippen LogP contribution in [0.1, 0.15) is 11.1 Å². The number of benzene rings is 1. The smallest absolute Gasteiger partial charge is 0.119 e. The molecule has 1 heterocycles. The van der Waals surface area contributed by atoms with Crippen LogP contribution in [0.2, 0.25) is 0 Å². The highest BCUT2D eigenvalue weighted by molar-refractivity contribution is 7.07. The van der Waals surface area contributed by atoms with Crippen LogP contribution in [0, 0.1) is 0 Å². The van der Waals surface area contributed by atoms with Crippen LogP contribution in [0.15, 0.2) is 41.1 Å². The summed E-state index contributed by atoms with van der Waals surface area (Å²) in [5, 5.41) is 7.48. The lowest BCUT2D eigenvalue weighted by molar-refractivity contribution is 0.199. The van der Waals surface area contributed by atoms with Crippen molar-refractivity contribution in [2.24, 2.45) is 0 Å². The molecule has 0 spiro atoms. The third kappa shape index (κ3) is 5.03. The summed E-state index contributed by atoms with van der Waals surface area (Å²) in [6.45, 7) is 3.10. The molecule has 0 amide bonds. The van der Waals surface area contributed by atoms with Gasteiger partial charge in [-0.1, -0.05) is 12.1 Å². The molecule has 1 aromatic heterocycles. The molecule has 3 nitrogen and oxygen atoms in total. The van der Waals surface area contributed by atoms with Gasteiger partial charge in [0.1, 0.15) is 12.4 Å². The first kappa shape index (κ1) is 14.1. The molecule has 0 radical (unpaired) electrons. The van der Waals surface area contributed by atoms with Crippen LogP contribution < -0.4 is 10.1 Å². The Morgan fingerprint density at radius 3 is 2.63 bits per heavy atom. The second-order valence-corrected chi connectivity index (χ2v) is 5.01. The van der Waals surface area contributed by atoms with E-state index < -0.39 is 0 Å². The topological polar surface area (TPSA) is 30.5 Å². The Hall–Kier alpha value is -1.36. The minimum absolute atomic E-state index is 0.634. The third-order valence-electron chi connectivity index (χ3n) is 2.72. The van der Waals surface area contributed by atoms with E-state index in [0.29, 0.717) is 6.61 Å². The molecule has 19 heavy (non-hydrogen) atoms. The summed E-state index contributed by atoms with van der Waals surface area (Å²) in [6.07, 6.45) is 0. The molecule has 0 atom stereocenters. The molecule has 0 aliphatic heterocycles. The molecule has 0 aliphatic carbocycles. The average molecular weight is 277 g/mol. The van der Waals surface area contributed by atoms with Gasteiger partial charge in [-0.05, 0) is 40.1 Å². The van der Waals surface area contributed by atoms with Gasteiger partial charge in [-0.25, -0.2) is 0 Å². The van der Waals surface area contributed by atoms with E-state index in [9.17, 15) is 0 Å². The van der Waals surface area contributed by atoms with E-state index in [4.69, 9.17) is 9.47 Å². The first-order valence-electron chi connectivity index (χ1n) is 6.31. The number of hydrogen-bond donors (Lipinski definition) is 1. The Balaban J connectivity index is 1.74. The maximum absolute atomic E-state index is 5.71. The van der Waals surface area contributed by atoms with Crippen molar-refractivity contribution in [1.29, 1.82) is 0 Å². The van der Waals surface area contributed by atoms with Crippen molar-refractivity contribution in [3.05, 3.63) is 52.2 Å².